The van der Waals surface area contributed by atoms with Gasteiger partial charge in [0.15, 0.2) is 0 Å². The van der Waals surface area contributed by atoms with Crippen LogP contribution in [0.1, 0.15) is 49.4 Å². The summed E-state index contributed by atoms with van der Waals surface area (Å²) < 4.78 is 26.8. The molecule has 0 aromatic heterocycles. The van der Waals surface area contributed by atoms with Crippen molar-refractivity contribution < 1.29 is 23.1 Å². The summed E-state index contributed by atoms with van der Waals surface area (Å²) in [5.74, 6) is -1.69. The molecule has 7 nitrogen and oxygen atoms in total. The van der Waals surface area contributed by atoms with Gasteiger partial charge in [0, 0.05) is 18.7 Å². The van der Waals surface area contributed by atoms with Crippen LogP contribution in [0.4, 0.5) is 0 Å². The first-order valence-electron chi connectivity index (χ1n) is 8.50. The first kappa shape index (κ1) is 19.4. The molecule has 0 radical (unpaired) electrons. The molecular formula is C17H24N2O5S. The van der Waals surface area contributed by atoms with Gasteiger partial charge >= 0.3 is 5.97 Å². The van der Waals surface area contributed by atoms with Crippen LogP contribution in [-0.4, -0.2) is 48.8 Å². The summed E-state index contributed by atoms with van der Waals surface area (Å²) in [5, 5.41) is 11.6. The molecule has 1 heterocycles. The Bertz CT molecular complexity index is 726. The fraction of sp³-hybridized carbons (Fsp3) is 0.529. The Morgan fingerprint density at radius 3 is 2.52 bits per heavy atom. The third-order valence-corrected chi connectivity index (χ3v) is 6.12. The van der Waals surface area contributed by atoms with Crippen molar-refractivity contribution in [1.29, 1.82) is 0 Å². The third kappa shape index (κ3) is 4.79. The number of carbonyl (C=O) groups excluding carboxylic acids is 1. The van der Waals surface area contributed by atoms with E-state index >= 15 is 0 Å². The lowest BCUT2D eigenvalue weighted by molar-refractivity contribution is -0.139. The molecule has 138 valence electrons. The van der Waals surface area contributed by atoms with Gasteiger partial charge in [-0.05, 0) is 37.5 Å². The van der Waals surface area contributed by atoms with E-state index in [9.17, 15) is 18.0 Å². The monoisotopic (exact) mass is 368 g/mol. The minimum absolute atomic E-state index is 0.0596. The zero-order valence-electron chi connectivity index (χ0n) is 14.3. The minimum atomic E-state index is -3.64. The molecule has 8 heteroatoms. The highest BCUT2D eigenvalue weighted by Crippen LogP contribution is 2.21. The normalized spacial score (nSPS) is 17.0. The van der Waals surface area contributed by atoms with Crippen molar-refractivity contribution in [2.24, 2.45) is 0 Å². The second-order valence-electron chi connectivity index (χ2n) is 6.15. The molecule has 1 saturated heterocycles. The third-order valence-electron chi connectivity index (χ3n) is 4.23. The first-order chi connectivity index (χ1) is 11.9. The van der Waals surface area contributed by atoms with E-state index < -0.39 is 27.9 Å². The maximum atomic E-state index is 12.7. The van der Waals surface area contributed by atoms with Crippen LogP contribution in [0.2, 0.25) is 0 Å². The van der Waals surface area contributed by atoms with Gasteiger partial charge in [0.2, 0.25) is 10.0 Å². The summed E-state index contributed by atoms with van der Waals surface area (Å²) >= 11 is 0. The molecule has 25 heavy (non-hydrogen) atoms. The number of nitrogens with one attached hydrogen (secondary N) is 1. The van der Waals surface area contributed by atoms with Crippen LogP contribution < -0.4 is 5.32 Å². The van der Waals surface area contributed by atoms with Gasteiger partial charge < -0.3 is 10.4 Å². The summed E-state index contributed by atoms with van der Waals surface area (Å²) in [5.41, 5.74) is 0.139. The van der Waals surface area contributed by atoms with Crippen molar-refractivity contribution in [2.75, 3.05) is 13.1 Å². The number of carboxylic acid groups (broad SMARTS) is 1. The summed E-state index contributed by atoms with van der Waals surface area (Å²) in [6, 6.07) is 4.77. The van der Waals surface area contributed by atoms with Crippen LogP contribution in [0.15, 0.2) is 29.2 Å². The van der Waals surface area contributed by atoms with Gasteiger partial charge in [-0.15, -0.1) is 0 Å². The lowest BCUT2D eigenvalue weighted by Crippen LogP contribution is -2.40. The van der Waals surface area contributed by atoms with Crippen LogP contribution in [0.3, 0.4) is 0 Å². The number of sulfonamides is 1. The predicted molar refractivity (Wildman–Crippen MR) is 92.8 cm³/mol. The molecule has 1 aliphatic rings. The highest BCUT2D eigenvalue weighted by molar-refractivity contribution is 7.89. The van der Waals surface area contributed by atoms with Gasteiger partial charge in [-0.25, -0.2) is 13.2 Å². The van der Waals surface area contributed by atoms with E-state index in [4.69, 9.17) is 5.11 Å². The first-order valence-corrected chi connectivity index (χ1v) is 9.94. The topological polar surface area (TPSA) is 104 Å². The summed E-state index contributed by atoms with van der Waals surface area (Å²) in [7, 11) is -3.64. The van der Waals surface area contributed by atoms with E-state index in [-0.39, 0.29) is 10.5 Å². The molecule has 0 bridgehead atoms. The number of carbonyl (C=O) groups is 2. The molecule has 0 saturated carbocycles. The number of aliphatic carboxylic acids is 1. The van der Waals surface area contributed by atoms with Crippen molar-refractivity contribution in [3.8, 4) is 0 Å². The summed E-state index contributed by atoms with van der Waals surface area (Å²) in [6.07, 6.45) is 3.60. The summed E-state index contributed by atoms with van der Waals surface area (Å²) in [4.78, 5) is 23.5. The summed E-state index contributed by atoms with van der Waals surface area (Å²) in [6.45, 7) is 2.79. The van der Waals surface area contributed by atoms with E-state index in [0.717, 1.165) is 19.3 Å². The van der Waals surface area contributed by atoms with Crippen molar-refractivity contribution in [3.05, 3.63) is 29.8 Å². The van der Waals surface area contributed by atoms with Gasteiger partial charge in [0.1, 0.15) is 6.04 Å². The molecule has 0 spiro atoms. The van der Waals surface area contributed by atoms with Crippen LogP contribution in [0, 0.1) is 0 Å². The molecule has 2 N–H and O–H groups in total. The van der Waals surface area contributed by atoms with Gasteiger partial charge in [-0.3, -0.25) is 4.79 Å². The molecule has 1 fully saturated rings. The minimum Gasteiger partial charge on any atom is -0.480 e. The molecule has 1 atom stereocenters. The van der Waals surface area contributed by atoms with E-state index in [1.54, 1.807) is 0 Å². The molecule has 1 aromatic carbocycles. The van der Waals surface area contributed by atoms with Gasteiger partial charge in [-0.2, -0.15) is 4.31 Å². The number of piperidine rings is 1. The smallest absolute Gasteiger partial charge is 0.326 e. The molecular weight excluding hydrogens is 344 g/mol. The van der Waals surface area contributed by atoms with E-state index in [2.05, 4.69) is 5.32 Å². The number of hydrogen-bond acceptors (Lipinski definition) is 4. The van der Waals surface area contributed by atoms with Crippen molar-refractivity contribution in [1.82, 2.24) is 9.62 Å². The second-order valence-corrected chi connectivity index (χ2v) is 8.08. The SMILES string of the molecule is CCCC(NC(=O)c1cccc(S(=O)(=O)N2CCCCC2)c1)C(=O)O. The van der Waals surface area contributed by atoms with Gasteiger partial charge in [0.05, 0.1) is 4.90 Å². The quantitative estimate of drug-likeness (QED) is 0.764. The molecule has 1 amide bonds. The Labute approximate surface area is 148 Å². The molecule has 0 aliphatic carbocycles. The number of rotatable bonds is 7. The Hall–Kier alpha value is -1.93. The Balaban J connectivity index is 2.20. The number of nitrogens with zero attached hydrogens (tertiary/aromatic N) is 1. The van der Waals surface area contributed by atoms with Crippen LogP contribution in [0.5, 0.6) is 0 Å². The second kappa shape index (κ2) is 8.44. The predicted octanol–water partition coefficient (Wildman–Crippen LogP) is 1.84. The Morgan fingerprint density at radius 2 is 1.92 bits per heavy atom. The highest BCUT2D eigenvalue weighted by atomic mass is 32.2. The van der Waals surface area contributed by atoms with Gasteiger partial charge in [-0.1, -0.05) is 25.8 Å². The number of benzene rings is 1. The number of amides is 1. The van der Waals surface area contributed by atoms with Crippen LogP contribution >= 0.6 is 0 Å². The Morgan fingerprint density at radius 1 is 1.24 bits per heavy atom. The Kier molecular flexibility index (Phi) is 6.55. The molecule has 2 rings (SSSR count). The van der Waals surface area contributed by atoms with Crippen LogP contribution in [-0.2, 0) is 14.8 Å². The molecule has 1 aliphatic heterocycles. The van der Waals surface area contributed by atoms with Gasteiger partial charge in [0.25, 0.3) is 5.91 Å². The van der Waals surface area contributed by atoms with E-state index in [1.807, 2.05) is 6.92 Å². The zero-order chi connectivity index (χ0) is 18.4. The maximum absolute atomic E-state index is 12.7. The standard InChI is InChI=1S/C17H24N2O5S/c1-2-7-15(17(21)22)18-16(20)13-8-6-9-14(12-13)25(23,24)19-10-4-3-5-11-19/h6,8-9,12,15H,2-5,7,10-11H2,1H3,(H,18,20)(H,21,22). The van der Waals surface area contributed by atoms with Crippen molar-refractivity contribution in [2.45, 2.75) is 50.0 Å². The fourth-order valence-electron chi connectivity index (χ4n) is 2.84. The zero-order valence-corrected chi connectivity index (χ0v) is 15.1. The number of carboxylic acids is 1. The molecule has 1 aromatic rings. The molecule has 1 unspecified atom stereocenters. The van der Waals surface area contributed by atoms with Crippen molar-refractivity contribution >= 4 is 21.9 Å². The maximum Gasteiger partial charge on any atom is 0.326 e. The fourth-order valence-corrected chi connectivity index (χ4v) is 4.40. The van der Waals surface area contributed by atoms with E-state index in [0.29, 0.717) is 25.9 Å². The van der Waals surface area contributed by atoms with Crippen molar-refractivity contribution in [3.63, 3.8) is 0 Å². The lowest BCUT2D eigenvalue weighted by Gasteiger charge is -2.26. The average molecular weight is 368 g/mol. The average Bonchev–Trinajstić information content (AvgIpc) is 2.62. The largest absolute Gasteiger partial charge is 0.480 e. The highest BCUT2D eigenvalue weighted by Gasteiger charge is 2.27. The lowest BCUT2D eigenvalue weighted by atomic mass is 10.1. The number of hydrogen-bond donors (Lipinski definition) is 2. The van der Waals surface area contributed by atoms with Crippen LogP contribution in [0.25, 0.3) is 0 Å². The van der Waals surface area contributed by atoms with E-state index in [1.165, 1.54) is 28.6 Å².